The number of benzene rings is 2. The van der Waals surface area contributed by atoms with Gasteiger partial charge in [0.15, 0.2) is 11.5 Å². The predicted molar refractivity (Wildman–Crippen MR) is 95.8 cm³/mol. The number of hydrogen-bond donors (Lipinski definition) is 2. The molecule has 2 N–H and O–H groups in total. The molecule has 0 fully saturated rings. The van der Waals surface area contributed by atoms with Crippen LogP contribution in [0.1, 0.15) is 12.0 Å². The maximum atomic E-state index is 12.0. The largest absolute Gasteiger partial charge is 0.493 e. The summed E-state index contributed by atoms with van der Waals surface area (Å²) in [5.41, 5.74) is 1.99. The van der Waals surface area contributed by atoms with Gasteiger partial charge in [-0.25, -0.2) is 0 Å². The monoisotopic (exact) mass is 328 g/mol. The highest BCUT2D eigenvalue weighted by Crippen LogP contribution is 2.29. The first kappa shape index (κ1) is 17.8. The van der Waals surface area contributed by atoms with Gasteiger partial charge in [-0.1, -0.05) is 30.3 Å². The molecule has 0 spiro atoms. The Bertz CT molecular complexity index is 644. The van der Waals surface area contributed by atoms with Crippen molar-refractivity contribution in [2.24, 2.45) is 0 Å². The molecule has 2 aromatic rings. The summed E-state index contributed by atoms with van der Waals surface area (Å²) in [6.07, 6.45) is 1.38. The number of carbonyl (C=O) groups excluding carboxylic acids is 1. The van der Waals surface area contributed by atoms with Crippen LogP contribution < -0.4 is 20.1 Å². The second-order valence-corrected chi connectivity index (χ2v) is 5.35. The smallest absolute Gasteiger partial charge is 0.225 e. The Kier molecular flexibility index (Phi) is 7.11. The van der Waals surface area contributed by atoms with Crippen molar-refractivity contribution in [2.75, 3.05) is 32.6 Å². The van der Waals surface area contributed by atoms with E-state index in [2.05, 4.69) is 22.8 Å². The van der Waals surface area contributed by atoms with Crippen LogP contribution >= 0.6 is 0 Å². The van der Waals surface area contributed by atoms with E-state index in [1.165, 1.54) is 5.56 Å². The summed E-state index contributed by atoms with van der Waals surface area (Å²) in [5.74, 6) is 1.20. The lowest BCUT2D eigenvalue weighted by molar-refractivity contribution is -0.116. The first-order valence-electron chi connectivity index (χ1n) is 7.99. The van der Waals surface area contributed by atoms with Crippen LogP contribution in [0.5, 0.6) is 11.5 Å². The molecule has 0 bridgehead atoms. The molecule has 5 nitrogen and oxygen atoms in total. The van der Waals surface area contributed by atoms with Crippen molar-refractivity contribution >= 4 is 11.6 Å². The zero-order chi connectivity index (χ0) is 17.2. The minimum Gasteiger partial charge on any atom is -0.493 e. The number of nitrogens with one attached hydrogen (secondary N) is 2. The summed E-state index contributed by atoms with van der Waals surface area (Å²) < 4.78 is 10.4. The molecule has 0 aromatic heterocycles. The zero-order valence-electron chi connectivity index (χ0n) is 14.2. The van der Waals surface area contributed by atoms with Crippen molar-refractivity contribution in [1.29, 1.82) is 0 Å². The molecule has 0 aliphatic heterocycles. The summed E-state index contributed by atoms with van der Waals surface area (Å²) in [6, 6.07) is 15.6. The Labute approximate surface area is 143 Å². The van der Waals surface area contributed by atoms with Gasteiger partial charge in [0, 0.05) is 24.7 Å². The van der Waals surface area contributed by atoms with Crippen molar-refractivity contribution in [3.05, 3.63) is 54.1 Å². The highest BCUT2D eigenvalue weighted by Gasteiger charge is 2.07. The van der Waals surface area contributed by atoms with E-state index in [4.69, 9.17) is 9.47 Å². The molecular weight excluding hydrogens is 304 g/mol. The molecule has 1 amide bonds. The lowest BCUT2D eigenvalue weighted by Crippen LogP contribution is -2.23. The molecule has 0 heterocycles. The van der Waals surface area contributed by atoms with Crippen LogP contribution in [-0.2, 0) is 11.2 Å². The highest BCUT2D eigenvalue weighted by molar-refractivity contribution is 5.91. The van der Waals surface area contributed by atoms with E-state index >= 15 is 0 Å². The normalized spacial score (nSPS) is 10.2. The molecular formula is C19H24N2O3. The number of hydrogen-bond acceptors (Lipinski definition) is 4. The van der Waals surface area contributed by atoms with Crippen molar-refractivity contribution in [1.82, 2.24) is 5.32 Å². The van der Waals surface area contributed by atoms with Gasteiger partial charge < -0.3 is 20.1 Å². The average molecular weight is 328 g/mol. The van der Waals surface area contributed by atoms with E-state index in [1.54, 1.807) is 32.4 Å². The van der Waals surface area contributed by atoms with Crippen LogP contribution in [0, 0.1) is 0 Å². The van der Waals surface area contributed by atoms with Crippen molar-refractivity contribution in [2.45, 2.75) is 12.8 Å². The second-order valence-electron chi connectivity index (χ2n) is 5.35. The van der Waals surface area contributed by atoms with Gasteiger partial charge in [0.05, 0.1) is 14.2 Å². The van der Waals surface area contributed by atoms with Crippen LogP contribution in [0.25, 0.3) is 0 Å². The molecule has 5 heteroatoms. The maximum absolute atomic E-state index is 12.0. The zero-order valence-corrected chi connectivity index (χ0v) is 14.2. The Morgan fingerprint density at radius 2 is 1.71 bits per heavy atom. The van der Waals surface area contributed by atoms with Crippen molar-refractivity contribution < 1.29 is 14.3 Å². The quantitative estimate of drug-likeness (QED) is 0.695. The molecule has 0 atom stereocenters. The molecule has 24 heavy (non-hydrogen) atoms. The highest BCUT2D eigenvalue weighted by atomic mass is 16.5. The maximum Gasteiger partial charge on any atom is 0.225 e. The predicted octanol–water partition coefficient (Wildman–Crippen LogP) is 2.86. The molecule has 2 rings (SSSR count). The number of rotatable bonds is 9. The van der Waals surface area contributed by atoms with Gasteiger partial charge in [-0.15, -0.1) is 0 Å². The van der Waals surface area contributed by atoms with Gasteiger partial charge in [-0.05, 0) is 30.7 Å². The van der Waals surface area contributed by atoms with E-state index in [0.29, 0.717) is 30.2 Å². The fraction of sp³-hybridized carbons (Fsp3) is 0.316. The van der Waals surface area contributed by atoms with E-state index in [9.17, 15) is 4.79 Å². The third-order valence-electron chi connectivity index (χ3n) is 3.63. The van der Waals surface area contributed by atoms with Crippen molar-refractivity contribution in [3.63, 3.8) is 0 Å². The lowest BCUT2D eigenvalue weighted by Gasteiger charge is -2.11. The van der Waals surface area contributed by atoms with Crippen LogP contribution in [0.2, 0.25) is 0 Å². The van der Waals surface area contributed by atoms with Gasteiger partial charge in [0.1, 0.15) is 0 Å². The van der Waals surface area contributed by atoms with Gasteiger partial charge in [-0.3, -0.25) is 4.79 Å². The fourth-order valence-electron chi connectivity index (χ4n) is 2.34. The van der Waals surface area contributed by atoms with Gasteiger partial charge in [0.2, 0.25) is 5.91 Å². The molecule has 2 aromatic carbocycles. The minimum atomic E-state index is -0.0329. The molecule has 0 unspecified atom stereocenters. The van der Waals surface area contributed by atoms with Crippen LogP contribution in [0.4, 0.5) is 5.69 Å². The Morgan fingerprint density at radius 3 is 2.42 bits per heavy atom. The topological polar surface area (TPSA) is 59.6 Å². The average Bonchev–Trinajstić information content (AvgIpc) is 2.62. The summed E-state index contributed by atoms with van der Waals surface area (Å²) in [5, 5.41) is 6.15. The van der Waals surface area contributed by atoms with E-state index in [-0.39, 0.29) is 5.91 Å². The van der Waals surface area contributed by atoms with Crippen LogP contribution in [0.15, 0.2) is 48.5 Å². The third kappa shape index (κ3) is 5.59. The SMILES string of the molecule is COc1ccc(NC(=O)CCNCCc2ccccc2)cc1OC. The number of anilines is 1. The lowest BCUT2D eigenvalue weighted by atomic mass is 10.1. The number of carbonyl (C=O) groups is 1. The molecule has 0 saturated heterocycles. The number of methoxy groups -OCH3 is 2. The molecule has 0 radical (unpaired) electrons. The summed E-state index contributed by atoms with van der Waals surface area (Å²) in [7, 11) is 3.15. The van der Waals surface area contributed by atoms with Crippen molar-refractivity contribution in [3.8, 4) is 11.5 Å². The summed E-state index contributed by atoms with van der Waals surface area (Å²) >= 11 is 0. The number of amides is 1. The Morgan fingerprint density at radius 1 is 0.958 bits per heavy atom. The van der Waals surface area contributed by atoms with Crippen LogP contribution in [0.3, 0.4) is 0 Å². The summed E-state index contributed by atoms with van der Waals surface area (Å²) in [6.45, 7) is 1.50. The van der Waals surface area contributed by atoms with Gasteiger partial charge >= 0.3 is 0 Å². The first-order chi connectivity index (χ1) is 11.7. The molecule has 0 saturated carbocycles. The van der Waals surface area contributed by atoms with Crippen LogP contribution in [-0.4, -0.2) is 33.2 Å². The fourth-order valence-corrected chi connectivity index (χ4v) is 2.34. The number of ether oxygens (including phenoxy) is 2. The van der Waals surface area contributed by atoms with Gasteiger partial charge in [-0.2, -0.15) is 0 Å². The summed E-state index contributed by atoms with van der Waals surface area (Å²) in [4.78, 5) is 12.0. The molecule has 128 valence electrons. The Balaban J connectivity index is 1.69. The third-order valence-corrected chi connectivity index (χ3v) is 3.63. The van der Waals surface area contributed by atoms with E-state index < -0.39 is 0 Å². The van der Waals surface area contributed by atoms with Gasteiger partial charge in [0.25, 0.3) is 0 Å². The first-order valence-corrected chi connectivity index (χ1v) is 7.99. The molecule has 0 aliphatic rings. The van der Waals surface area contributed by atoms with E-state index in [0.717, 1.165) is 13.0 Å². The Hall–Kier alpha value is -2.53. The van der Waals surface area contributed by atoms with E-state index in [1.807, 2.05) is 18.2 Å². The second kappa shape index (κ2) is 9.57. The standard InChI is InChI=1S/C19H24N2O3/c1-23-17-9-8-16(14-18(17)24-2)21-19(22)11-13-20-12-10-15-6-4-3-5-7-15/h3-9,14,20H,10-13H2,1-2H3,(H,21,22). The minimum absolute atomic E-state index is 0.0329. The molecule has 0 aliphatic carbocycles.